The van der Waals surface area contributed by atoms with Gasteiger partial charge in [0.2, 0.25) is 0 Å². The van der Waals surface area contributed by atoms with Gasteiger partial charge in [0.1, 0.15) is 5.75 Å². The number of carbonyl (C=O) groups excluding carboxylic acids is 2. The number of hydrogen-bond acceptors (Lipinski definition) is 5. The Balaban J connectivity index is 0.00000200. The van der Waals surface area contributed by atoms with Crippen LogP contribution < -0.4 is 22.9 Å². The van der Waals surface area contributed by atoms with Crippen LogP contribution in [-0.4, -0.2) is 36.2 Å². The summed E-state index contributed by atoms with van der Waals surface area (Å²) in [6.07, 6.45) is 1.68. The van der Waals surface area contributed by atoms with Crippen molar-refractivity contribution in [3.8, 4) is 5.75 Å². The molecule has 0 aromatic heterocycles. The molecule has 0 spiro atoms. The van der Waals surface area contributed by atoms with Gasteiger partial charge in [0, 0.05) is 13.1 Å². The van der Waals surface area contributed by atoms with Crippen LogP contribution in [0.2, 0.25) is 0 Å². The fourth-order valence-corrected chi connectivity index (χ4v) is 2.57. The van der Waals surface area contributed by atoms with Crippen LogP contribution in [0.25, 0.3) is 6.08 Å². The molecule has 0 unspecified atom stereocenters. The van der Waals surface area contributed by atoms with Crippen molar-refractivity contribution < 1.29 is 26.7 Å². The van der Waals surface area contributed by atoms with E-state index in [9.17, 15) is 9.59 Å². The van der Waals surface area contributed by atoms with Crippen LogP contribution in [0.3, 0.4) is 0 Å². The highest BCUT2D eigenvalue weighted by molar-refractivity contribution is 8.18. The second-order valence-electron chi connectivity index (χ2n) is 3.90. The molecule has 2 rings (SSSR count). The number of methoxy groups -OCH3 is 1. The number of nitrogens with two attached hydrogens (primary N) is 1. The zero-order chi connectivity index (χ0) is 13.8. The van der Waals surface area contributed by atoms with E-state index in [1.54, 1.807) is 19.3 Å². The molecule has 0 bridgehead atoms. The maximum atomic E-state index is 12.0. The van der Waals surface area contributed by atoms with Crippen molar-refractivity contribution in [3.05, 3.63) is 34.7 Å². The summed E-state index contributed by atoms with van der Waals surface area (Å²) in [4.78, 5) is 25.2. The quantitative estimate of drug-likeness (QED) is 0.699. The number of hydrogen-bond donors (Lipinski definition) is 1. The second-order valence-corrected chi connectivity index (χ2v) is 4.89. The van der Waals surface area contributed by atoms with E-state index >= 15 is 0 Å². The minimum Gasteiger partial charge on any atom is -1.00 e. The maximum Gasteiger partial charge on any atom is 0.293 e. The predicted molar refractivity (Wildman–Crippen MR) is 74.7 cm³/mol. The number of carbonyl (C=O) groups is 2. The molecule has 0 radical (unpaired) electrons. The number of imide groups is 1. The summed E-state index contributed by atoms with van der Waals surface area (Å²) < 4.78 is 5.11. The highest BCUT2D eigenvalue weighted by Crippen LogP contribution is 2.32. The molecular weight excluding hydrogens is 300 g/mol. The average molecular weight is 314 g/mol. The molecule has 5 nitrogen and oxygen atoms in total. The van der Waals surface area contributed by atoms with Gasteiger partial charge in [-0.05, 0) is 35.5 Å². The van der Waals surface area contributed by atoms with Crippen molar-refractivity contribution in [3.63, 3.8) is 0 Å². The molecule has 1 aromatic carbocycles. The van der Waals surface area contributed by atoms with Gasteiger partial charge in [-0.2, -0.15) is 0 Å². The molecule has 7 heteroatoms. The van der Waals surface area contributed by atoms with Gasteiger partial charge in [-0.3, -0.25) is 14.5 Å². The fourth-order valence-electron chi connectivity index (χ4n) is 1.70. The van der Waals surface area contributed by atoms with Crippen LogP contribution >= 0.6 is 11.8 Å². The van der Waals surface area contributed by atoms with E-state index in [0.717, 1.165) is 22.2 Å². The standard InChI is InChI=1S/C13H14N2O3S.ClH/c1-18-10-4-2-3-9(7-10)8-11-12(16)15(6-5-14)13(17)19-11;/h2-4,7-8H,5-6,14H2,1H3;1H/p-1/b11-8-;. The van der Waals surface area contributed by atoms with Crippen LogP contribution in [-0.2, 0) is 4.79 Å². The topological polar surface area (TPSA) is 72.6 Å². The molecule has 108 valence electrons. The van der Waals surface area contributed by atoms with E-state index < -0.39 is 0 Å². The van der Waals surface area contributed by atoms with E-state index in [-0.39, 0.29) is 36.6 Å². The Bertz CT molecular complexity index is 548. The zero-order valence-corrected chi connectivity index (χ0v) is 12.4. The van der Waals surface area contributed by atoms with E-state index in [2.05, 4.69) is 0 Å². The third-order valence-corrected chi connectivity index (χ3v) is 3.53. The van der Waals surface area contributed by atoms with Gasteiger partial charge in [0.15, 0.2) is 0 Å². The second kappa shape index (κ2) is 7.33. The molecule has 2 amide bonds. The Kier molecular flexibility index (Phi) is 6.06. The molecular formula is C13H14ClN2O3S-. The number of ether oxygens (including phenoxy) is 1. The Labute approximate surface area is 127 Å². The average Bonchev–Trinajstić information content (AvgIpc) is 2.67. The minimum absolute atomic E-state index is 0. The summed E-state index contributed by atoms with van der Waals surface area (Å²) in [7, 11) is 1.58. The summed E-state index contributed by atoms with van der Waals surface area (Å²) in [5, 5.41) is -0.274. The fraction of sp³-hybridized carbons (Fsp3) is 0.231. The first-order valence-electron chi connectivity index (χ1n) is 5.75. The Morgan fingerprint density at radius 3 is 2.80 bits per heavy atom. The van der Waals surface area contributed by atoms with Crippen LogP contribution in [0.4, 0.5) is 4.79 Å². The molecule has 1 aliphatic heterocycles. The SMILES string of the molecule is COc1cccc(/C=C2\SC(=O)N(CCN)C2=O)c1.[Cl-]. The normalized spacial score (nSPS) is 16.5. The molecule has 1 fully saturated rings. The van der Waals surface area contributed by atoms with Gasteiger partial charge in [-0.25, -0.2) is 0 Å². The van der Waals surface area contributed by atoms with Crippen LogP contribution in [0, 0.1) is 0 Å². The molecule has 1 aromatic rings. The highest BCUT2D eigenvalue weighted by Gasteiger charge is 2.34. The number of thioether (sulfide) groups is 1. The number of halogens is 1. The summed E-state index contributed by atoms with van der Waals surface area (Å²) >= 11 is 0.932. The molecule has 0 atom stereocenters. The largest absolute Gasteiger partial charge is 1.00 e. The van der Waals surface area contributed by atoms with Crippen molar-refractivity contribution in [1.82, 2.24) is 4.90 Å². The third kappa shape index (κ3) is 3.53. The lowest BCUT2D eigenvalue weighted by Gasteiger charge is -2.09. The Morgan fingerprint density at radius 1 is 1.40 bits per heavy atom. The molecule has 1 aliphatic rings. The first kappa shape index (κ1) is 16.6. The van der Waals surface area contributed by atoms with Gasteiger partial charge < -0.3 is 22.9 Å². The minimum atomic E-state index is -0.289. The monoisotopic (exact) mass is 313 g/mol. The van der Waals surface area contributed by atoms with Crippen LogP contribution in [0.5, 0.6) is 5.75 Å². The predicted octanol–water partition coefficient (Wildman–Crippen LogP) is -1.31. The first-order valence-corrected chi connectivity index (χ1v) is 6.57. The highest BCUT2D eigenvalue weighted by atomic mass is 35.5. The van der Waals surface area contributed by atoms with Gasteiger partial charge in [0.05, 0.1) is 12.0 Å². The van der Waals surface area contributed by atoms with E-state index in [4.69, 9.17) is 10.5 Å². The summed E-state index contributed by atoms with van der Waals surface area (Å²) in [5.74, 6) is 0.415. The van der Waals surface area contributed by atoms with Crippen molar-refractivity contribution >= 4 is 29.0 Å². The Hall–Kier alpha value is -1.50. The molecule has 0 saturated carbocycles. The van der Waals surface area contributed by atoms with Crippen molar-refractivity contribution in [2.45, 2.75) is 0 Å². The third-order valence-electron chi connectivity index (χ3n) is 2.62. The van der Waals surface area contributed by atoms with Crippen molar-refractivity contribution in [1.29, 1.82) is 0 Å². The molecule has 1 saturated heterocycles. The number of nitrogens with zero attached hydrogens (tertiary/aromatic N) is 1. The van der Waals surface area contributed by atoms with Crippen molar-refractivity contribution in [2.75, 3.05) is 20.2 Å². The van der Waals surface area contributed by atoms with E-state index in [1.807, 2.05) is 18.2 Å². The van der Waals surface area contributed by atoms with Gasteiger partial charge in [0.25, 0.3) is 11.1 Å². The van der Waals surface area contributed by atoms with Crippen LogP contribution in [0.1, 0.15) is 5.56 Å². The van der Waals surface area contributed by atoms with Crippen LogP contribution in [0.15, 0.2) is 29.2 Å². The first-order chi connectivity index (χ1) is 9.15. The smallest absolute Gasteiger partial charge is 0.293 e. The lowest BCUT2D eigenvalue weighted by atomic mass is 10.2. The number of benzene rings is 1. The summed E-state index contributed by atoms with van der Waals surface area (Å²) in [5.41, 5.74) is 6.19. The number of rotatable bonds is 4. The zero-order valence-electron chi connectivity index (χ0n) is 10.8. The van der Waals surface area contributed by atoms with Crippen molar-refractivity contribution in [2.24, 2.45) is 5.73 Å². The molecule has 20 heavy (non-hydrogen) atoms. The van der Waals surface area contributed by atoms with Gasteiger partial charge in [-0.1, -0.05) is 12.1 Å². The lowest BCUT2D eigenvalue weighted by Crippen LogP contribution is -3.00. The molecule has 1 heterocycles. The summed E-state index contributed by atoms with van der Waals surface area (Å²) in [6, 6.07) is 7.29. The van der Waals surface area contributed by atoms with E-state index in [1.165, 1.54) is 0 Å². The Morgan fingerprint density at radius 2 is 2.15 bits per heavy atom. The van der Waals surface area contributed by atoms with E-state index in [0.29, 0.717) is 10.7 Å². The molecule has 0 aliphatic carbocycles. The lowest BCUT2D eigenvalue weighted by molar-refractivity contribution is -0.122. The summed E-state index contributed by atoms with van der Waals surface area (Å²) in [6.45, 7) is 0.518. The molecule has 2 N–H and O–H groups in total. The van der Waals surface area contributed by atoms with Gasteiger partial charge >= 0.3 is 0 Å². The van der Waals surface area contributed by atoms with Gasteiger partial charge in [-0.15, -0.1) is 0 Å². The maximum absolute atomic E-state index is 12.0. The number of amides is 2.